The minimum absolute atomic E-state index is 0.0569. The van der Waals surface area contributed by atoms with Gasteiger partial charge in [-0.3, -0.25) is 11.3 Å². The first-order valence-electron chi connectivity index (χ1n) is 6.59. The van der Waals surface area contributed by atoms with Crippen molar-refractivity contribution in [3.8, 4) is 5.75 Å². The van der Waals surface area contributed by atoms with E-state index in [-0.39, 0.29) is 6.04 Å². The molecule has 3 N–H and O–H groups in total. The first kappa shape index (κ1) is 16.5. The fourth-order valence-electron chi connectivity index (χ4n) is 2.31. The van der Waals surface area contributed by atoms with Crippen LogP contribution in [0.15, 0.2) is 45.3 Å². The zero-order valence-electron chi connectivity index (χ0n) is 12.0. The number of nitrogens with one attached hydrogen (secondary N) is 1. The van der Waals surface area contributed by atoms with Crippen LogP contribution in [0.1, 0.15) is 22.7 Å². The molecule has 2 rings (SSSR count). The zero-order valence-corrected chi connectivity index (χ0v) is 15.2. The van der Waals surface area contributed by atoms with Crippen LogP contribution in [-0.2, 0) is 6.42 Å². The maximum Gasteiger partial charge on any atom is 0.133 e. The Kier molecular flexibility index (Phi) is 5.81. The Labute approximate surface area is 142 Å². The van der Waals surface area contributed by atoms with Gasteiger partial charge in [0, 0.05) is 4.47 Å². The van der Waals surface area contributed by atoms with Crippen molar-refractivity contribution in [3.05, 3.63) is 62.0 Å². The van der Waals surface area contributed by atoms with E-state index in [4.69, 9.17) is 10.6 Å². The molecule has 5 heteroatoms. The van der Waals surface area contributed by atoms with Gasteiger partial charge in [0.1, 0.15) is 5.75 Å². The summed E-state index contributed by atoms with van der Waals surface area (Å²) >= 11 is 7.05. The molecule has 3 nitrogen and oxygen atoms in total. The molecule has 0 saturated heterocycles. The lowest BCUT2D eigenvalue weighted by Crippen LogP contribution is -2.29. The van der Waals surface area contributed by atoms with Gasteiger partial charge in [-0.1, -0.05) is 28.1 Å². The van der Waals surface area contributed by atoms with Crippen molar-refractivity contribution in [1.82, 2.24) is 5.43 Å². The molecule has 0 spiro atoms. The van der Waals surface area contributed by atoms with Crippen molar-refractivity contribution in [2.45, 2.75) is 19.4 Å². The minimum atomic E-state index is 0.0569. The molecule has 0 aromatic heterocycles. The van der Waals surface area contributed by atoms with Crippen LogP contribution in [-0.4, -0.2) is 7.11 Å². The second-order valence-electron chi connectivity index (χ2n) is 4.95. The Hall–Kier alpha value is -0.880. The van der Waals surface area contributed by atoms with Gasteiger partial charge >= 0.3 is 0 Å². The van der Waals surface area contributed by atoms with Gasteiger partial charge in [-0.15, -0.1) is 0 Å². The Morgan fingerprint density at radius 2 is 1.95 bits per heavy atom. The second kappa shape index (κ2) is 7.40. The number of hydrazine groups is 1. The molecule has 0 saturated carbocycles. The minimum Gasteiger partial charge on any atom is -0.496 e. The number of hydrogen-bond donors (Lipinski definition) is 2. The summed E-state index contributed by atoms with van der Waals surface area (Å²) in [5, 5.41) is 0. The van der Waals surface area contributed by atoms with Gasteiger partial charge in [0.2, 0.25) is 0 Å². The number of aryl methyl sites for hydroxylation is 1. The lowest BCUT2D eigenvalue weighted by Gasteiger charge is -2.18. The predicted octanol–water partition coefficient (Wildman–Crippen LogP) is 4.28. The lowest BCUT2D eigenvalue weighted by molar-refractivity contribution is 0.412. The van der Waals surface area contributed by atoms with Crippen molar-refractivity contribution in [2.24, 2.45) is 5.84 Å². The molecule has 0 amide bonds. The Morgan fingerprint density at radius 1 is 1.19 bits per heavy atom. The summed E-state index contributed by atoms with van der Waals surface area (Å²) in [6.07, 6.45) is 0.801. The highest BCUT2D eigenvalue weighted by Gasteiger charge is 2.13. The van der Waals surface area contributed by atoms with Crippen LogP contribution >= 0.6 is 31.9 Å². The zero-order chi connectivity index (χ0) is 15.4. The van der Waals surface area contributed by atoms with Crippen molar-refractivity contribution in [1.29, 1.82) is 0 Å². The molecule has 0 heterocycles. The Bertz CT molecular complexity index is 611. The molecule has 1 atom stereocenters. The molecule has 21 heavy (non-hydrogen) atoms. The first-order chi connectivity index (χ1) is 10.0. The standard InChI is InChI=1S/C16H18Br2N2O/c1-10-5-12(9-13(17)6-10)15(20-19)8-11-3-4-16(21-2)14(18)7-11/h3-7,9,15,20H,8,19H2,1-2H3. The summed E-state index contributed by atoms with van der Waals surface area (Å²) in [4.78, 5) is 0. The monoisotopic (exact) mass is 412 g/mol. The van der Waals surface area contributed by atoms with Crippen LogP contribution in [0.5, 0.6) is 5.75 Å². The maximum atomic E-state index is 5.75. The molecule has 112 valence electrons. The molecule has 0 aliphatic rings. The topological polar surface area (TPSA) is 47.3 Å². The highest BCUT2D eigenvalue weighted by molar-refractivity contribution is 9.10. The predicted molar refractivity (Wildman–Crippen MR) is 93.3 cm³/mol. The van der Waals surface area contributed by atoms with Crippen LogP contribution in [0.2, 0.25) is 0 Å². The third-order valence-corrected chi connectivity index (χ3v) is 4.40. The third kappa shape index (κ3) is 4.30. The van der Waals surface area contributed by atoms with Gasteiger partial charge in [-0.25, -0.2) is 0 Å². The largest absolute Gasteiger partial charge is 0.496 e. The highest BCUT2D eigenvalue weighted by atomic mass is 79.9. The summed E-state index contributed by atoms with van der Waals surface area (Å²) in [5.74, 6) is 6.57. The summed E-state index contributed by atoms with van der Waals surface area (Å²) in [6, 6.07) is 12.5. The second-order valence-corrected chi connectivity index (χ2v) is 6.72. The number of ether oxygens (including phenoxy) is 1. The van der Waals surface area contributed by atoms with Crippen molar-refractivity contribution < 1.29 is 4.74 Å². The number of hydrogen-bond acceptors (Lipinski definition) is 3. The lowest BCUT2D eigenvalue weighted by atomic mass is 9.98. The molecular formula is C16H18Br2N2O. The quantitative estimate of drug-likeness (QED) is 0.568. The summed E-state index contributed by atoms with van der Waals surface area (Å²) < 4.78 is 7.27. The smallest absolute Gasteiger partial charge is 0.133 e. The highest BCUT2D eigenvalue weighted by Crippen LogP contribution is 2.28. The summed E-state index contributed by atoms with van der Waals surface area (Å²) in [5.41, 5.74) is 6.45. The van der Waals surface area contributed by atoms with Gasteiger partial charge in [-0.05, 0) is 70.2 Å². The van der Waals surface area contributed by atoms with E-state index in [1.54, 1.807) is 7.11 Å². The van der Waals surface area contributed by atoms with E-state index in [0.29, 0.717) is 0 Å². The molecule has 0 bridgehead atoms. The average Bonchev–Trinajstić information content (AvgIpc) is 2.43. The van der Waals surface area contributed by atoms with Crippen LogP contribution in [0, 0.1) is 6.92 Å². The van der Waals surface area contributed by atoms with Crippen molar-refractivity contribution in [2.75, 3.05) is 7.11 Å². The molecular weight excluding hydrogens is 396 g/mol. The van der Waals surface area contributed by atoms with Gasteiger partial charge in [0.05, 0.1) is 17.6 Å². The van der Waals surface area contributed by atoms with E-state index in [1.165, 1.54) is 11.1 Å². The van der Waals surface area contributed by atoms with Crippen LogP contribution in [0.3, 0.4) is 0 Å². The molecule has 2 aromatic carbocycles. The van der Waals surface area contributed by atoms with E-state index in [9.17, 15) is 0 Å². The number of nitrogens with two attached hydrogens (primary N) is 1. The van der Waals surface area contributed by atoms with Crippen LogP contribution in [0.4, 0.5) is 0 Å². The maximum absolute atomic E-state index is 5.75. The van der Waals surface area contributed by atoms with Crippen molar-refractivity contribution >= 4 is 31.9 Å². The fraction of sp³-hybridized carbons (Fsp3) is 0.250. The van der Waals surface area contributed by atoms with Crippen LogP contribution < -0.4 is 16.0 Å². The van der Waals surface area contributed by atoms with Gasteiger partial charge in [-0.2, -0.15) is 0 Å². The third-order valence-electron chi connectivity index (χ3n) is 3.32. The summed E-state index contributed by atoms with van der Waals surface area (Å²) in [7, 11) is 1.66. The van der Waals surface area contributed by atoms with E-state index in [1.807, 2.05) is 6.07 Å². The SMILES string of the molecule is COc1ccc(CC(NN)c2cc(C)cc(Br)c2)cc1Br. The summed E-state index contributed by atoms with van der Waals surface area (Å²) in [6.45, 7) is 2.08. The number of halogens is 2. The van der Waals surface area contributed by atoms with E-state index in [0.717, 1.165) is 26.7 Å². The number of methoxy groups -OCH3 is 1. The fourth-order valence-corrected chi connectivity index (χ4v) is 3.52. The van der Waals surface area contributed by atoms with Gasteiger partial charge in [0.15, 0.2) is 0 Å². The van der Waals surface area contributed by atoms with E-state index < -0.39 is 0 Å². The van der Waals surface area contributed by atoms with E-state index in [2.05, 4.69) is 74.5 Å². The molecule has 2 aromatic rings. The van der Waals surface area contributed by atoms with E-state index >= 15 is 0 Å². The Balaban J connectivity index is 2.24. The molecule has 1 unspecified atom stereocenters. The van der Waals surface area contributed by atoms with Gasteiger partial charge in [0.25, 0.3) is 0 Å². The molecule has 0 aliphatic carbocycles. The molecule has 0 radical (unpaired) electrons. The first-order valence-corrected chi connectivity index (χ1v) is 8.17. The average molecular weight is 414 g/mol. The Morgan fingerprint density at radius 3 is 2.52 bits per heavy atom. The number of rotatable bonds is 5. The molecule has 0 aliphatic heterocycles. The normalized spacial score (nSPS) is 12.2. The number of benzene rings is 2. The van der Waals surface area contributed by atoms with Crippen molar-refractivity contribution in [3.63, 3.8) is 0 Å². The van der Waals surface area contributed by atoms with Gasteiger partial charge < -0.3 is 4.74 Å². The van der Waals surface area contributed by atoms with Crippen LogP contribution in [0.25, 0.3) is 0 Å². The molecule has 0 fully saturated rings.